The molecule has 0 aliphatic carbocycles. The van der Waals surface area contributed by atoms with Gasteiger partial charge in [0.25, 0.3) is 0 Å². The molecular weight excluding hydrogens is 182 g/mol. The lowest BCUT2D eigenvalue weighted by molar-refractivity contribution is 0.111. The average molecular weight is 211 g/mol. The van der Waals surface area contributed by atoms with E-state index in [1.54, 1.807) is 0 Å². The lowest BCUT2D eigenvalue weighted by atomic mass is 9.77. The molecule has 1 heteroatoms. The maximum absolute atomic E-state index is 2.69. The molecule has 1 rings (SSSR count). The first-order chi connectivity index (χ1) is 6.91. The number of rotatable bonds is 1. The van der Waals surface area contributed by atoms with Crippen LogP contribution < -0.4 is 0 Å². The lowest BCUT2D eigenvalue weighted by Gasteiger charge is -2.36. The van der Waals surface area contributed by atoms with Gasteiger partial charge in [-0.3, -0.25) is 4.90 Å². The average Bonchev–Trinajstić information content (AvgIpc) is 2.28. The second-order valence-electron chi connectivity index (χ2n) is 5.75. The maximum atomic E-state index is 2.69. The standard InChI is InChI=1S/C14H29N/c1-8-15-13(6)11(4)9(2)10(3)12(5)14(15)7/h9-14H,8H2,1-7H3/t9-,10+,11-,12+,13-,14+. The van der Waals surface area contributed by atoms with Gasteiger partial charge in [-0.15, -0.1) is 0 Å². The Morgan fingerprint density at radius 2 is 1.00 bits per heavy atom. The highest BCUT2D eigenvalue weighted by Crippen LogP contribution is 2.37. The first-order valence-electron chi connectivity index (χ1n) is 6.67. The molecule has 0 radical (unpaired) electrons. The first kappa shape index (κ1) is 13.0. The van der Waals surface area contributed by atoms with Gasteiger partial charge in [0, 0.05) is 12.1 Å². The predicted octanol–water partition coefficient (Wildman–Crippen LogP) is 3.64. The number of likely N-dealkylation sites (tertiary alicyclic amines) is 1. The molecular formula is C14H29N. The highest BCUT2D eigenvalue weighted by atomic mass is 15.2. The van der Waals surface area contributed by atoms with Crippen molar-refractivity contribution >= 4 is 0 Å². The Labute approximate surface area is 96.2 Å². The molecule has 0 unspecified atom stereocenters. The van der Waals surface area contributed by atoms with Gasteiger partial charge >= 0.3 is 0 Å². The van der Waals surface area contributed by atoms with Crippen molar-refractivity contribution < 1.29 is 0 Å². The van der Waals surface area contributed by atoms with Crippen LogP contribution in [0.15, 0.2) is 0 Å². The van der Waals surface area contributed by atoms with E-state index in [-0.39, 0.29) is 0 Å². The molecule has 0 bridgehead atoms. The summed E-state index contributed by atoms with van der Waals surface area (Å²) in [4.78, 5) is 2.69. The number of hydrogen-bond acceptors (Lipinski definition) is 1. The van der Waals surface area contributed by atoms with Crippen molar-refractivity contribution in [3.05, 3.63) is 0 Å². The van der Waals surface area contributed by atoms with Gasteiger partial charge in [0.1, 0.15) is 0 Å². The third-order valence-electron chi connectivity index (χ3n) is 5.42. The van der Waals surface area contributed by atoms with Gasteiger partial charge in [-0.25, -0.2) is 0 Å². The summed E-state index contributed by atoms with van der Waals surface area (Å²) in [5.41, 5.74) is 0. The second kappa shape index (κ2) is 4.86. The molecule has 1 heterocycles. The highest BCUT2D eigenvalue weighted by Gasteiger charge is 2.38. The Kier molecular flexibility index (Phi) is 4.22. The molecule has 1 aliphatic rings. The highest BCUT2D eigenvalue weighted by molar-refractivity contribution is 4.90. The van der Waals surface area contributed by atoms with Crippen LogP contribution in [-0.4, -0.2) is 23.5 Å². The SMILES string of the molecule is CCN1[C@H](C)[C@H](C)[C@H](C)[C@H](C)[C@H](C)[C@@H]1C. The normalized spacial score (nSPS) is 49.0. The van der Waals surface area contributed by atoms with Crippen LogP contribution >= 0.6 is 0 Å². The zero-order valence-electron chi connectivity index (χ0n) is 11.6. The summed E-state index contributed by atoms with van der Waals surface area (Å²) in [6.45, 7) is 18.0. The van der Waals surface area contributed by atoms with E-state index in [0.717, 1.165) is 35.8 Å². The van der Waals surface area contributed by atoms with Gasteiger partial charge in [-0.1, -0.05) is 34.6 Å². The minimum absolute atomic E-state index is 0.729. The summed E-state index contributed by atoms with van der Waals surface area (Å²) >= 11 is 0. The van der Waals surface area contributed by atoms with Gasteiger partial charge in [0.05, 0.1) is 0 Å². The van der Waals surface area contributed by atoms with Crippen molar-refractivity contribution in [3.8, 4) is 0 Å². The molecule has 0 spiro atoms. The lowest BCUT2D eigenvalue weighted by Crippen LogP contribution is -2.44. The van der Waals surface area contributed by atoms with Crippen molar-refractivity contribution in [2.75, 3.05) is 6.54 Å². The van der Waals surface area contributed by atoms with Gasteiger partial charge in [0.15, 0.2) is 0 Å². The molecule has 0 aromatic carbocycles. The summed E-state index contributed by atoms with van der Waals surface area (Å²) in [7, 11) is 0. The fourth-order valence-corrected chi connectivity index (χ4v) is 3.39. The topological polar surface area (TPSA) is 3.24 Å². The molecule has 0 N–H and O–H groups in total. The van der Waals surface area contributed by atoms with Crippen molar-refractivity contribution in [2.45, 2.75) is 60.5 Å². The van der Waals surface area contributed by atoms with Crippen molar-refractivity contribution in [1.82, 2.24) is 4.90 Å². The Hall–Kier alpha value is -0.0400. The van der Waals surface area contributed by atoms with E-state index in [4.69, 9.17) is 0 Å². The summed E-state index contributed by atoms with van der Waals surface area (Å²) in [5, 5.41) is 0. The maximum Gasteiger partial charge on any atom is 0.00980 e. The first-order valence-corrected chi connectivity index (χ1v) is 6.67. The number of nitrogens with zero attached hydrogens (tertiary/aromatic N) is 1. The van der Waals surface area contributed by atoms with Crippen LogP contribution in [0, 0.1) is 23.7 Å². The zero-order chi connectivity index (χ0) is 11.7. The van der Waals surface area contributed by atoms with Gasteiger partial charge in [-0.2, -0.15) is 0 Å². The van der Waals surface area contributed by atoms with Gasteiger partial charge < -0.3 is 0 Å². The molecule has 1 saturated heterocycles. The Bertz CT molecular complexity index is 182. The van der Waals surface area contributed by atoms with Gasteiger partial charge in [-0.05, 0) is 44.1 Å². The van der Waals surface area contributed by atoms with Crippen LogP contribution in [-0.2, 0) is 0 Å². The van der Waals surface area contributed by atoms with Crippen LogP contribution in [0.5, 0.6) is 0 Å². The van der Waals surface area contributed by atoms with Crippen LogP contribution in [0.25, 0.3) is 0 Å². The van der Waals surface area contributed by atoms with E-state index >= 15 is 0 Å². The summed E-state index contributed by atoms with van der Waals surface area (Å²) in [6.07, 6.45) is 0. The third kappa shape index (κ3) is 2.22. The predicted molar refractivity (Wildman–Crippen MR) is 68.0 cm³/mol. The minimum atomic E-state index is 0.729. The van der Waals surface area contributed by atoms with Crippen molar-refractivity contribution in [1.29, 1.82) is 0 Å². The zero-order valence-corrected chi connectivity index (χ0v) is 11.6. The van der Waals surface area contributed by atoms with E-state index in [1.807, 2.05) is 0 Å². The van der Waals surface area contributed by atoms with Crippen LogP contribution in [0.2, 0.25) is 0 Å². The summed E-state index contributed by atoms with van der Waals surface area (Å²) in [6, 6.07) is 1.46. The molecule has 0 saturated carbocycles. The molecule has 1 nitrogen and oxygen atoms in total. The molecule has 6 atom stereocenters. The van der Waals surface area contributed by atoms with E-state index in [0.29, 0.717) is 0 Å². The van der Waals surface area contributed by atoms with E-state index < -0.39 is 0 Å². The van der Waals surface area contributed by atoms with E-state index in [2.05, 4.69) is 53.4 Å². The molecule has 0 amide bonds. The largest absolute Gasteiger partial charge is 0.298 e. The van der Waals surface area contributed by atoms with Crippen molar-refractivity contribution in [2.24, 2.45) is 23.7 Å². The Morgan fingerprint density at radius 3 is 1.27 bits per heavy atom. The van der Waals surface area contributed by atoms with E-state index in [1.165, 1.54) is 6.54 Å². The molecule has 0 aromatic heterocycles. The van der Waals surface area contributed by atoms with Crippen LogP contribution in [0.3, 0.4) is 0 Å². The Balaban J connectivity index is 2.96. The fourth-order valence-electron chi connectivity index (χ4n) is 3.39. The Morgan fingerprint density at radius 1 is 0.667 bits per heavy atom. The minimum Gasteiger partial charge on any atom is -0.298 e. The quantitative estimate of drug-likeness (QED) is 0.640. The van der Waals surface area contributed by atoms with E-state index in [9.17, 15) is 0 Å². The molecule has 1 fully saturated rings. The fraction of sp³-hybridized carbons (Fsp3) is 1.00. The van der Waals surface area contributed by atoms with Crippen molar-refractivity contribution in [3.63, 3.8) is 0 Å². The molecule has 1 aliphatic heterocycles. The second-order valence-corrected chi connectivity index (χ2v) is 5.75. The summed E-state index contributed by atoms with van der Waals surface area (Å²) in [5.74, 6) is 3.31. The number of hydrogen-bond donors (Lipinski definition) is 0. The van der Waals surface area contributed by atoms with Crippen LogP contribution in [0.4, 0.5) is 0 Å². The molecule has 0 aromatic rings. The van der Waals surface area contributed by atoms with Gasteiger partial charge in [0.2, 0.25) is 0 Å². The van der Waals surface area contributed by atoms with Crippen LogP contribution in [0.1, 0.15) is 48.5 Å². The smallest absolute Gasteiger partial charge is 0.00980 e. The molecule has 90 valence electrons. The monoisotopic (exact) mass is 211 g/mol. The third-order valence-corrected chi connectivity index (χ3v) is 5.42. The molecule has 15 heavy (non-hydrogen) atoms. The summed E-state index contributed by atoms with van der Waals surface area (Å²) < 4.78 is 0.